The molecule has 2 saturated heterocycles. The smallest absolute Gasteiger partial charge is 0.0105 e. The maximum atomic E-state index is 3.11. The first-order valence-corrected chi connectivity index (χ1v) is 8.62. The summed E-state index contributed by atoms with van der Waals surface area (Å²) in [5, 5.41) is 3.11. The molecular formula is C18H38N2. The van der Waals surface area contributed by atoms with Gasteiger partial charge in [-0.1, -0.05) is 34.1 Å². The predicted molar refractivity (Wildman–Crippen MR) is 92.3 cm³/mol. The molecule has 0 spiro atoms. The minimum absolute atomic E-state index is 0.655. The fourth-order valence-corrected chi connectivity index (χ4v) is 2.93. The lowest BCUT2D eigenvalue weighted by atomic mass is 9.67. The molecule has 2 heterocycles. The molecule has 0 unspecified atom stereocenters. The molecule has 0 amide bonds. The van der Waals surface area contributed by atoms with Crippen LogP contribution in [-0.4, -0.2) is 37.1 Å². The molecule has 1 saturated carbocycles. The van der Waals surface area contributed by atoms with Gasteiger partial charge in [-0.15, -0.1) is 13.2 Å². The average Bonchev–Trinajstić information content (AvgIpc) is 2.40. The van der Waals surface area contributed by atoms with Gasteiger partial charge in [0.1, 0.15) is 0 Å². The van der Waals surface area contributed by atoms with E-state index in [1.807, 2.05) is 13.8 Å². The van der Waals surface area contributed by atoms with Crippen molar-refractivity contribution in [2.45, 2.75) is 72.3 Å². The van der Waals surface area contributed by atoms with Crippen molar-refractivity contribution in [2.24, 2.45) is 5.41 Å². The molecule has 0 radical (unpaired) electrons. The highest BCUT2D eigenvalue weighted by molar-refractivity contribution is 4.93. The van der Waals surface area contributed by atoms with Gasteiger partial charge in [-0.05, 0) is 63.7 Å². The SMILES string of the molecule is C1CNC1.C=C.CC.CC1(C)CC(N2CCCCC2)C1. The largest absolute Gasteiger partial charge is 0.317 e. The summed E-state index contributed by atoms with van der Waals surface area (Å²) in [5.41, 5.74) is 0.655. The van der Waals surface area contributed by atoms with Crippen molar-refractivity contribution in [3.05, 3.63) is 13.2 Å². The summed E-state index contributed by atoms with van der Waals surface area (Å²) >= 11 is 0. The lowest BCUT2D eigenvalue weighted by Crippen LogP contribution is -2.50. The van der Waals surface area contributed by atoms with Crippen LogP contribution in [0.5, 0.6) is 0 Å². The first kappa shape index (κ1) is 19.7. The van der Waals surface area contributed by atoms with Gasteiger partial charge in [0, 0.05) is 6.04 Å². The van der Waals surface area contributed by atoms with E-state index in [1.165, 1.54) is 64.7 Å². The van der Waals surface area contributed by atoms with Crippen molar-refractivity contribution in [3.8, 4) is 0 Å². The van der Waals surface area contributed by atoms with Crippen LogP contribution in [0.25, 0.3) is 0 Å². The van der Waals surface area contributed by atoms with Gasteiger partial charge in [-0.2, -0.15) is 0 Å². The summed E-state index contributed by atoms with van der Waals surface area (Å²) < 4.78 is 0. The molecule has 3 aliphatic rings. The van der Waals surface area contributed by atoms with Crippen LogP contribution in [0.15, 0.2) is 13.2 Å². The van der Waals surface area contributed by atoms with Crippen LogP contribution in [0, 0.1) is 5.41 Å². The summed E-state index contributed by atoms with van der Waals surface area (Å²) in [4.78, 5) is 2.72. The Morgan fingerprint density at radius 3 is 1.60 bits per heavy atom. The fraction of sp³-hybridized carbons (Fsp3) is 0.889. The van der Waals surface area contributed by atoms with Crippen molar-refractivity contribution in [3.63, 3.8) is 0 Å². The van der Waals surface area contributed by atoms with Crippen LogP contribution >= 0.6 is 0 Å². The fourth-order valence-electron chi connectivity index (χ4n) is 2.93. The highest BCUT2D eigenvalue weighted by atomic mass is 15.2. The molecule has 0 aromatic carbocycles. The Kier molecular flexibility index (Phi) is 11.1. The number of rotatable bonds is 1. The first-order valence-electron chi connectivity index (χ1n) is 8.62. The van der Waals surface area contributed by atoms with Crippen LogP contribution < -0.4 is 5.32 Å². The first-order chi connectivity index (χ1) is 9.67. The Morgan fingerprint density at radius 1 is 0.900 bits per heavy atom. The normalized spacial score (nSPS) is 24.2. The maximum Gasteiger partial charge on any atom is 0.0105 e. The van der Waals surface area contributed by atoms with Crippen LogP contribution in [0.2, 0.25) is 0 Å². The zero-order chi connectivity index (χ0) is 15.4. The van der Waals surface area contributed by atoms with E-state index in [9.17, 15) is 0 Å². The topological polar surface area (TPSA) is 15.3 Å². The van der Waals surface area contributed by atoms with E-state index in [-0.39, 0.29) is 0 Å². The summed E-state index contributed by atoms with van der Waals surface area (Å²) in [6.07, 6.45) is 8.61. The van der Waals surface area contributed by atoms with Gasteiger partial charge in [0.15, 0.2) is 0 Å². The van der Waals surface area contributed by atoms with Gasteiger partial charge in [0.05, 0.1) is 0 Å². The molecule has 0 aromatic heterocycles. The molecule has 120 valence electrons. The maximum absolute atomic E-state index is 3.11. The Balaban J connectivity index is 0.000000377. The second-order valence-electron chi connectivity index (χ2n) is 6.43. The van der Waals surface area contributed by atoms with E-state index in [4.69, 9.17) is 0 Å². The minimum Gasteiger partial charge on any atom is -0.317 e. The molecule has 1 N–H and O–H groups in total. The predicted octanol–water partition coefficient (Wildman–Crippen LogP) is 4.47. The van der Waals surface area contributed by atoms with Crippen molar-refractivity contribution in [1.82, 2.24) is 10.2 Å². The Labute approximate surface area is 128 Å². The van der Waals surface area contributed by atoms with E-state index in [0.717, 1.165) is 6.04 Å². The minimum atomic E-state index is 0.655. The van der Waals surface area contributed by atoms with Crippen molar-refractivity contribution < 1.29 is 0 Å². The molecule has 1 aliphatic carbocycles. The second-order valence-corrected chi connectivity index (χ2v) is 6.43. The molecule has 20 heavy (non-hydrogen) atoms. The van der Waals surface area contributed by atoms with Gasteiger partial charge in [-0.25, -0.2) is 0 Å². The summed E-state index contributed by atoms with van der Waals surface area (Å²) in [6, 6.07) is 0.945. The van der Waals surface area contributed by atoms with Crippen molar-refractivity contribution >= 4 is 0 Å². The van der Waals surface area contributed by atoms with Crippen molar-refractivity contribution in [1.29, 1.82) is 0 Å². The molecule has 0 atom stereocenters. The number of hydrogen-bond acceptors (Lipinski definition) is 2. The number of piperidine rings is 1. The lowest BCUT2D eigenvalue weighted by molar-refractivity contribution is 0.0152. The third-order valence-electron chi connectivity index (χ3n) is 4.19. The molecule has 2 nitrogen and oxygen atoms in total. The van der Waals surface area contributed by atoms with Crippen molar-refractivity contribution in [2.75, 3.05) is 26.2 Å². The zero-order valence-corrected chi connectivity index (χ0v) is 14.5. The van der Waals surface area contributed by atoms with Gasteiger partial charge < -0.3 is 10.2 Å². The van der Waals surface area contributed by atoms with Crippen LogP contribution in [0.3, 0.4) is 0 Å². The summed E-state index contributed by atoms with van der Waals surface area (Å²) in [6.45, 7) is 20.0. The quantitative estimate of drug-likeness (QED) is 0.714. The number of likely N-dealkylation sites (tertiary alicyclic amines) is 1. The van der Waals surface area contributed by atoms with E-state index < -0.39 is 0 Å². The highest BCUT2D eigenvalue weighted by Crippen LogP contribution is 2.43. The van der Waals surface area contributed by atoms with Gasteiger partial charge in [-0.3, -0.25) is 0 Å². The third kappa shape index (κ3) is 7.44. The summed E-state index contributed by atoms with van der Waals surface area (Å²) in [7, 11) is 0. The third-order valence-corrected chi connectivity index (χ3v) is 4.19. The van der Waals surface area contributed by atoms with Gasteiger partial charge in [0.25, 0.3) is 0 Å². The van der Waals surface area contributed by atoms with Crippen LogP contribution in [-0.2, 0) is 0 Å². The molecule has 3 rings (SSSR count). The number of nitrogens with zero attached hydrogens (tertiary/aromatic N) is 1. The Hall–Kier alpha value is -0.340. The average molecular weight is 283 g/mol. The van der Waals surface area contributed by atoms with E-state index in [1.54, 1.807) is 0 Å². The highest BCUT2D eigenvalue weighted by Gasteiger charge is 2.39. The monoisotopic (exact) mass is 282 g/mol. The molecule has 3 fully saturated rings. The molecule has 0 aromatic rings. The van der Waals surface area contributed by atoms with Gasteiger partial charge in [0.2, 0.25) is 0 Å². The van der Waals surface area contributed by atoms with Crippen LogP contribution in [0.4, 0.5) is 0 Å². The van der Waals surface area contributed by atoms with E-state index in [2.05, 4.69) is 37.2 Å². The Bertz CT molecular complexity index is 203. The molecular weight excluding hydrogens is 244 g/mol. The Morgan fingerprint density at radius 2 is 1.30 bits per heavy atom. The van der Waals surface area contributed by atoms with E-state index >= 15 is 0 Å². The second kappa shape index (κ2) is 11.3. The van der Waals surface area contributed by atoms with Crippen LogP contribution in [0.1, 0.15) is 66.2 Å². The van der Waals surface area contributed by atoms with Gasteiger partial charge >= 0.3 is 0 Å². The molecule has 2 aliphatic heterocycles. The number of nitrogens with one attached hydrogen (secondary N) is 1. The molecule has 0 bridgehead atoms. The molecule has 2 heteroatoms. The standard InChI is InChI=1S/C11H21N.C3H7N.C2H6.C2H4/c1-11(2)8-10(9-11)12-6-4-3-5-7-12;1-2-4-3-1;2*1-2/h10H,3-9H2,1-2H3;4H,1-3H2;1-2H3;1-2H2. The zero-order valence-electron chi connectivity index (χ0n) is 14.5. The number of hydrogen-bond donors (Lipinski definition) is 1. The summed E-state index contributed by atoms with van der Waals surface area (Å²) in [5.74, 6) is 0. The van der Waals surface area contributed by atoms with E-state index in [0.29, 0.717) is 5.41 Å². The lowest BCUT2D eigenvalue weighted by Gasteiger charge is -2.49.